The van der Waals surface area contributed by atoms with Crippen molar-refractivity contribution in [2.45, 2.75) is 41.0 Å². The van der Waals surface area contributed by atoms with E-state index >= 15 is 0 Å². The van der Waals surface area contributed by atoms with Crippen LogP contribution in [0.4, 0.5) is 0 Å². The van der Waals surface area contributed by atoms with Crippen LogP contribution in [-0.4, -0.2) is 6.61 Å². The first-order valence-electron chi connectivity index (χ1n) is 5.74. The normalized spacial score (nSPS) is 11.9. The molecular formula is C14H23NO. The molecule has 0 aliphatic heterocycles. The van der Waals surface area contributed by atoms with Crippen LogP contribution < -0.4 is 5.90 Å². The Kier molecular flexibility index (Phi) is 4.11. The van der Waals surface area contributed by atoms with Crippen molar-refractivity contribution in [2.75, 3.05) is 6.61 Å². The lowest BCUT2D eigenvalue weighted by atomic mass is 9.83. The van der Waals surface area contributed by atoms with Gasteiger partial charge in [-0.25, -0.2) is 5.90 Å². The Morgan fingerprint density at radius 2 is 1.62 bits per heavy atom. The molecule has 90 valence electrons. The van der Waals surface area contributed by atoms with Crippen molar-refractivity contribution < 1.29 is 4.84 Å². The minimum Gasteiger partial charge on any atom is -0.304 e. The molecule has 0 atom stereocenters. The van der Waals surface area contributed by atoms with Crippen molar-refractivity contribution >= 4 is 0 Å². The molecule has 0 spiro atoms. The van der Waals surface area contributed by atoms with E-state index in [-0.39, 0.29) is 5.41 Å². The highest BCUT2D eigenvalue weighted by atomic mass is 16.6. The Bertz CT molecular complexity index is 346. The molecule has 0 saturated heterocycles. The molecule has 2 heteroatoms. The van der Waals surface area contributed by atoms with E-state index in [1.807, 2.05) is 0 Å². The van der Waals surface area contributed by atoms with Gasteiger partial charge in [0.15, 0.2) is 0 Å². The molecule has 0 aliphatic carbocycles. The van der Waals surface area contributed by atoms with Crippen LogP contribution in [0.1, 0.15) is 36.1 Å². The van der Waals surface area contributed by atoms with Gasteiger partial charge in [0.25, 0.3) is 0 Å². The summed E-state index contributed by atoms with van der Waals surface area (Å²) in [6.07, 6.45) is 1.00. The molecule has 1 aromatic carbocycles. The van der Waals surface area contributed by atoms with Gasteiger partial charge in [0.1, 0.15) is 0 Å². The van der Waals surface area contributed by atoms with E-state index in [0.717, 1.165) is 6.42 Å². The van der Waals surface area contributed by atoms with Crippen LogP contribution >= 0.6 is 0 Å². The second-order valence-electron chi connectivity index (χ2n) is 5.53. The first kappa shape index (κ1) is 13.2. The van der Waals surface area contributed by atoms with E-state index in [0.29, 0.717) is 6.61 Å². The molecule has 1 aromatic rings. The van der Waals surface area contributed by atoms with E-state index in [2.05, 4.69) is 46.8 Å². The average molecular weight is 221 g/mol. The zero-order valence-corrected chi connectivity index (χ0v) is 11.1. The molecule has 0 heterocycles. The molecule has 0 fully saturated rings. The van der Waals surface area contributed by atoms with E-state index in [4.69, 9.17) is 10.7 Å². The second kappa shape index (κ2) is 4.98. The third-order valence-corrected chi connectivity index (χ3v) is 2.97. The maximum Gasteiger partial charge on any atom is 0.0733 e. The van der Waals surface area contributed by atoms with E-state index in [9.17, 15) is 0 Å². The lowest BCUT2D eigenvalue weighted by Crippen LogP contribution is -2.25. The topological polar surface area (TPSA) is 35.2 Å². The van der Waals surface area contributed by atoms with Crippen molar-refractivity contribution in [2.24, 2.45) is 11.3 Å². The minimum absolute atomic E-state index is 0.0829. The predicted molar refractivity (Wildman–Crippen MR) is 68.3 cm³/mol. The maximum absolute atomic E-state index is 5.17. The molecule has 0 saturated carbocycles. The molecule has 0 aromatic heterocycles. The molecule has 2 nitrogen and oxygen atoms in total. The summed E-state index contributed by atoms with van der Waals surface area (Å²) in [5, 5.41) is 0. The van der Waals surface area contributed by atoms with Gasteiger partial charge in [0, 0.05) is 0 Å². The molecule has 16 heavy (non-hydrogen) atoms. The first-order chi connectivity index (χ1) is 7.35. The number of nitrogens with two attached hydrogens (primary N) is 1. The highest BCUT2D eigenvalue weighted by Gasteiger charge is 2.20. The standard InChI is InChI=1S/C14H23NO/c1-10-6-11(2)13(12(3)7-10)8-14(4,5)9-16-15/h6-7H,8-9,15H2,1-5H3. The fraction of sp³-hybridized carbons (Fsp3) is 0.571. The van der Waals surface area contributed by atoms with Gasteiger partial charge in [0.05, 0.1) is 6.61 Å². The van der Waals surface area contributed by atoms with Crippen LogP contribution in [0.15, 0.2) is 12.1 Å². The summed E-state index contributed by atoms with van der Waals surface area (Å²) in [4.78, 5) is 4.78. The molecule has 0 unspecified atom stereocenters. The van der Waals surface area contributed by atoms with Gasteiger partial charge < -0.3 is 4.84 Å². The second-order valence-corrected chi connectivity index (χ2v) is 5.53. The number of hydrogen-bond donors (Lipinski definition) is 1. The van der Waals surface area contributed by atoms with Crippen LogP contribution in [0.2, 0.25) is 0 Å². The Hall–Kier alpha value is -0.860. The third-order valence-electron chi connectivity index (χ3n) is 2.97. The van der Waals surface area contributed by atoms with Gasteiger partial charge in [-0.1, -0.05) is 31.5 Å². The average Bonchev–Trinajstić information content (AvgIpc) is 2.11. The van der Waals surface area contributed by atoms with Crippen molar-refractivity contribution in [1.82, 2.24) is 0 Å². The van der Waals surface area contributed by atoms with Crippen molar-refractivity contribution in [3.8, 4) is 0 Å². The highest BCUT2D eigenvalue weighted by molar-refractivity contribution is 5.38. The molecule has 0 radical (unpaired) electrons. The third kappa shape index (κ3) is 3.32. The smallest absolute Gasteiger partial charge is 0.0733 e. The van der Waals surface area contributed by atoms with Crippen LogP contribution in [-0.2, 0) is 11.3 Å². The Morgan fingerprint density at radius 1 is 1.12 bits per heavy atom. The quantitative estimate of drug-likeness (QED) is 0.793. The minimum atomic E-state index is 0.0829. The lowest BCUT2D eigenvalue weighted by molar-refractivity contribution is 0.0627. The van der Waals surface area contributed by atoms with Crippen LogP contribution in [0.5, 0.6) is 0 Å². The van der Waals surface area contributed by atoms with Gasteiger partial charge in [-0.15, -0.1) is 0 Å². The van der Waals surface area contributed by atoms with Crippen molar-refractivity contribution in [3.63, 3.8) is 0 Å². The van der Waals surface area contributed by atoms with Gasteiger partial charge >= 0.3 is 0 Å². The summed E-state index contributed by atoms with van der Waals surface area (Å²) >= 11 is 0. The summed E-state index contributed by atoms with van der Waals surface area (Å²) in [6, 6.07) is 4.48. The summed E-state index contributed by atoms with van der Waals surface area (Å²) in [7, 11) is 0. The zero-order chi connectivity index (χ0) is 12.3. The van der Waals surface area contributed by atoms with E-state index in [1.165, 1.54) is 22.3 Å². The Morgan fingerprint density at radius 3 is 2.06 bits per heavy atom. The predicted octanol–water partition coefficient (Wildman–Crippen LogP) is 3.07. The fourth-order valence-corrected chi connectivity index (χ4v) is 2.24. The summed E-state index contributed by atoms with van der Waals surface area (Å²) in [5.74, 6) is 5.17. The number of rotatable bonds is 4. The summed E-state index contributed by atoms with van der Waals surface area (Å²) in [6.45, 7) is 11.4. The highest BCUT2D eigenvalue weighted by Crippen LogP contribution is 2.26. The molecule has 0 bridgehead atoms. The maximum atomic E-state index is 5.17. The summed E-state index contributed by atoms with van der Waals surface area (Å²) in [5.41, 5.74) is 5.56. The first-order valence-corrected chi connectivity index (χ1v) is 5.74. The van der Waals surface area contributed by atoms with Gasteiger partial charge in [0.2, 0.25) is 0 Å². The zero-order valence-electron chi connectivity index (χ0n) is 11.1. The number of aryl methyl sites for hydroxylation is 3. The van der Waals surface area contributed by atoms with Gasteiger partial charge in [-0.3, -0.25) is 0 Å². The largest absolute Gasteiger partial charge is 0.304 e. The van der Waals surface area contributed by atoms with Crippen LogP contribution in [0, 0.1) is 26.2 Å². The van der Waals surface area contributed by atoms with Gasteiger partial charge in [-0.05, 0) is 49.3 Å². The monoisotopic (exact) mass is 221 g/mol. The number of hydrogen-bond acceptors (Lipinski definition) is 2. The lowest BCUT2D eigenvalue weighted by Gasteiger charge is -2.25. The molecule has 0 amide bonds. The van der Waals surface area contributed by atoms with Gasteiger partial charge in [-0.2, -0.15) is 0 Å². The fourth-order valence-electron chi connectivity index (χ4n) is 2.24. The number of benzene rings is 1. The van der Waals surface area contributed by atoms with Crippen molar-refractivity contribution in [3.05, 3.63) is 34.4 Å². The molecule has 0 aliphatic rings. The Balaban J connectivity index is 2.97. The summed E-state index contributed by atoms with van der Waals surface area (Å²) < 4.78 is 0. The SMILES string of the molecule is Cc1cc(C)c(CC(C)(C)CON)c(C)c1. The van der Waals surface area contributed by atoms with E-state index in [1.54, 1.807) is 0 Å². The van der Waals surface area contributed by atoms with Crippen LogP contribution in [0.3, 0.4) is 0 Å². The molecular weight excluding hydrogens is 198 g/mol. The molecule has 1 rings (SSSR count). The van der Waals surface area contributed by atoms with E-state index < -0.39 is 0 Å². The molecule has 2 N–H and O–H groups in total. The van der Waals surface area contributed by atoms with Crippen molar-refractivity contribution in [1.29, 1.82) is 0 Å². The Labute approximate surface area is 98.8 Å². The van der Waals surface area contributed by atoms with Crippen LogP contribution in [0.25, 0.3) is 0 Å².